The number of hydrogen-bond acceptors (Lipinski definition) is 4. The largest absolute Gasteiger partial charge is 0.478 e. The van der Waals surface area contributed by atoms with Crippen LogP contribution in [0.4, 0.5) is 32.0 Å². The first-order valence-electron chi connectivity index (χ1n) is 15.8. The fourth-order valence-corrected chi connectivity index (χ4v) is 6.85. The number of aromatic carboxylic acids is 1. The number of hydrogen-bond donors (Lipinski definition) is 2. The molecule has 5 nitrogen and oxygen atoms in total. The van der Waals surface area contributed by atoms with Crippen molar-refractivity contribution in [2.24, 2.45) is 0 Å². The number of carboxylic acid groups (broad SMARTS) is 1. The van der Waals surface area contributed by atoms with Crippen LogP contribution in [0.3, 0.4) is 0 Å². The zero-order chi connectivity index (χ0) is 36.2. The van der Waals surface area contributed by atoms with Crippen molar-refractivity contribution in [3.8, 4) is 44.8 Å². The van der Waals surface area contributed by atoms with E-state index in [-0.39, 0.29) is 28.7 Å². The third kappa shape index (κ3) is 6.09. The molecule has 0 aliphatic heterocycles. The molecule has 5 aromatic carbocycles. The van der Waals surface area contributed by atoms with Crippen molar-refractivity contribution in [1.82, 2.24) is 9.97 Å². The Hall–Kier alpha value is -5.97. The van der Waals surface area contributed by atoms with Gasteiger partial charge in [0.15, 0.2) is 5.82 Å². The van der Waals surface area contributed by atoms with Gasteiger partial charge in [-0.15, -0.1) is 0 Å². The number of aromatic nitrogens is 2. The highest BCUT2D eigenvalue weighted by Gasteiger charge is 2.40. The van der Waals surface area contributed by atoms with Gasteiger partial charge >= 0.3 is 18.3 Å². The van der Waals surface area contributed by atoms with Gasteiger partial charge < -0.3 is 10.8 Å². The number of alkyl halides is 6. The molecular weight excluding hydrogens is 668 g/mol. The van der Waals surface area contributed by atoms with Crippen LogP contribution >= 0.6 is 0 Å². The molecule has 0 spiro atoms. The van der Waals surface area contributed by atoms with Crippen LogP contribution < -0.4 is 5.73 Å². The van der Waals surface area contributed by atoms with Crippen molar-refractivity contribution in [3.05, 3.63) is 148 Å². The third-order valence-electron chi connectivity index (χ3n) is 9.31. The number of fused-ring (bicyclic) bond motifs is 6. The summed E-state index contributed by atoms with van der Waals surface area (Å²) >= 11 is 0. The smallest absolute Gasteiger partial charge is 0.417 e. The second-order valence-corrected chi connectivity index (χ2v) is 12.4. The highest BCUT2D eigenvalue weighted by Crippen LogP contribution is 2.52. The van der Waals surface area contributed by atoms with Gasteiger partial charge in [0.05, 0.1) is 16.7 Å². The van der Waals surface area contributed by atoms with Crippen LogP contribution in [0, 0.1) is 6.92 Å². The highest BCUT2D eigenvalue weighted by atomic mass is 19.4. The lowest BCUT2D eigenvalue weighted by molar-refractivity contribution is -0.137. The topological polar surface area (TPSA) is 89.1 Å². The van der Waals surface area contributed by atoms with E-state index >= 15 is 0 Å². The van der Waals surface area contributed by atoms with Crippen LogP contribution in [0.5, 0.6) is 0 Å². The van der Waals surface area contributed by atoms with Crippen molar-refractivity contribution in [2.45, 2.75) is 32.1 Å². The lowest BCUT2D eigenvalue weighted by Crippen LogP contribution is -2.09. The molecule has 2 aliphatic rings. The van der Waals surface area contributed by atoms with Gasteiger partial charge in [-0.05, 0) is 98.8 Å². The van der Waals surface area contributed by atoms with Gasteiger partial charge in [0.25, 0.3) is 0 Å². The van der Waals surface area contributed by atoms with Crippen molar-refractivity contribution in [3.63, 3.8) is 0 Å². The summed E-state index contributed by atoms with van der Waals surface area (Å²) in [4.78, 5) is 18.5. The van der Waals surface area contributed by atoms with Gasteiger partial charge in [-0.2, -0.15) is 26.3 Å². The number of benzene rings is 5. The maximum absolute atomic E-state index is 14.0. The SMILES string of the molecule is Cc1c(-c2cc(C(F)(F)F)cc3c2Cc2cccc(C(F)(F)F)c2-3)cc2c(c1N)Cc1ccccc1-2.O=C(O)c1cnc(-c2ccccc2)nc1. The first-order valence-corrected chi connectivity index (χ1v) is 15.8. The first-order chi connectivity index (χ1) is 24.2. The molecule has 51 heavy (non-hydrogen) atoms. The summed E-state index contributed by atoms with van der Waals surface area (Å²) in [5.74, 6) is -0.491. The van der Waals surface area contributed by atoms with E-state index < -0.39 is 29.4 Å². The van der Waals surface area contributed by atoms with E-state index in [0.717, 1.165) is 46.0 Å². The molecule has 1 aromatic heterocycles. The van der Waals surface area contributed by atoms with Crippen molar-refractivity contribution in [1.29, 1.82) is 0 Å². The Morgan fingerprint density at radius 1 is 0.686 bits per heavy atom. The molecule has 1 heterocycles. The minimum absolute atomic E-state index is 0.0263. The van der Waals surface area contributed by atoms with Crippen LogP contribution in [0.1, 0.15) is 49.3 Å². The van der Waals surface area contributed by atoms with Crippen LogP contribution in [0.2, 0.25) is 0 Å². The second-order valence-electron chi connectivity index (χ2n) is 12.4. The predicted molar refractivity (Wildman–Crippen MR) is 182 cm³/mol. The standard InChI is InChI=1S/C29H19F6N.C11H8N2O2/c1-14-19(13-22-18-7-3-2-5-15(18)9-24(22)27(14)36)21-11-17(28(30,31)32)12-23-20(21)10-16-6-4-8-25(26(16)23)29(33,34)35;14-11(15)9-6-12-10(13-7-9)8-4-2-1-3-5-8/h2-8,11-13H,9-10,36H2,1H3;1-7H,(H,14,15). The summed E-state index contributed by atoms with van der Waals surface area (Å²) in [6.07, 6.45) is -6.09. The molecular formula is C40H27F6N3O2. The number of carboxylic acids is 1. The van der Waals surface area contributed by atoms with Gasteiger partial charge in [0.2, 0.25) is 0 Å². The lowest BCUT2D eigenvalue weighted by atomic mass is 9.87. The highest BCUT2D eigenvalue weighted by molar-refractivity contribution is 5.93. The molecule has 2 aliphatic carbocycles. The quantitative estimate of drug-likeness (QED) is 0.142. The minimum Gasteiger partial charge on any atom is -0.478 e. The van der Waals surface area contributed by atoms with Crippen LogP contribution in [0.25, 0.3) is 44.8 Å². The molecule has 0 fully saturated rings. The number of anilines is 1. The van der Waals surface area contributed by atoms with Crippen molar-refractivity contribution in [2.75, 3.05) is 5.73 Å². The number of rotatable bonds is 3. The maximum Gasteiger partial charge on any atom is 0.417 e. The Balaban J connectivity index is 0.000000226. The lowest BCUT2D eigenvalue weighted by Gasteiger charge is -2.19. The predicted octanol–water partition coefficient (Wildman–Crippen LogP) is 10.3. The maximum atomic E-state index is 14.0. The number of halogens is 6. The van der Waals surface area contributed by atoms with E-state index in [2.05, 4.69) is 9.97 Å². The Morgan fingerprint density at radius 2 is 1.29 bits per heavy atom. The fraction of sp³-hybridized carbons (Fsp3) is 0.125. The van der Waals surface area contributed by atoms with E-state index in [0.29, 0.717) is 40.2 Å². The van der Waals surface area contributed by atoms with E-state index in [4.69, 9.17) is 10.8 Å². The van der Waals surface area contributed by atoms with Gasteiger partial charge in [0, 0.05) is 30.1 Å². The fourth-order valence-electron chi connectivity index (χ4n) is 6.85. The van der Waals surface area contributed by atoms with Crippen LogP contribution in [0.15, 0.2) is 103 Å². The van der Waals surface area contributed by atoms with E-state index in [1.165, 1.54) is 18.5 Å². The third-order valence-corrected chi connectivity index (χ3v) is 9.31. The molecule has 0 bridgehead atoms. The van der Waals surface area contributed by atoms with Crippen molar-refractivity contribution >= 4 is 11.7 Å². The summed E-state index contributed by atoms with van der Waals surface area (Å²) in [6, 6.07) is 24.6. The molecule has 8 rings (SSSR count). The van der Waals surface area contributed by atoms with E-state index in [9.17, 15) is 31.1 Å². The van der Waals surface area contributed by atoms with Crippen LogP contribution in [-0.4, -0.2) is 21.0 Å². The number of nitrogens with zero attached hydrogens (tertiary/aromatic N) is 2. The molecule has 11 heteroatoms. The van der Waals surface area contributed by atoms with E-state index in [1.54, 1.807) is 13.0 Å². The Kier molecular flexibility index (Phi) is 8.16. The van der Waals surface area contributed by atoms with Gasteiger partial charge in [-0.3, -0.25) is 0 Å². The summed E-state index contributed by atoms with van der Waals surface area (Å²) < 4.78 is 83.6. The Labute approximate surface area is 288 Å². The van der Waals surface area contributed by atoms with E-state index in [1.807, 2.05) is 60.7 Å². The molecule has 0 saturated carbocycles. The average molecular weight is 696 g/mol. The number of carbonyl (C=O) groups is 1. The summed E-state index contributed by atoms with van der Waals surface area (Å²) in [5.41, 5.74) is 11.9. The number of nitrogen functional groups attached to an aromatic ring is 1. The van der Waals surface area contributed by atoms with Gasteiger partial charge in [-0.1, -0.05) is 66.7 Å². The van der Waals surface area contributed by atoms with Gasteiger partial charge in [0.1, 0.15) is 0 Å². The molecule has 6 aromatic rings. The van der Waals surface area contributed by atoms with Crippen LogP contribution in [-0.2, 0) is 25.2 Å². The summed E-state index contributed by atoms with van der Waals surface area (Å²) in [6.45, 7) is 1.75. The molecule has 3 N–H and O–H groups in total. The normalized spacial score (nSPS) is 12.7. The molecule has 0 saturated heterocycles. The van der Waals surface area contributed by atoms with Gasteiger partial charge in [-0.25, -0.2) is 14.8 Å². The monoisotopic (exact) mass is 695 g/mol. The zero-order valence-electron chi connectivity index (χ0n) is 26.8. The molecule has 0 atom stereocenters. The molecule has 0 radical (unpaired) electrons. The summed E-state index contributed by atoms with van der Waals surface area (Å²) in [7, 11) is 0. The Bertz CT molecular complexity index is 2330. The molecule has 256 valence electrons. The summed E-state index contributed by atoms with van der Waals surface area (Å²) in [5, 5.41) is 8.67. The molecule has 0 amide bonds. The first kappa shape index (κ1) is 33.5. The zero-order valence-corrected chi connectivity index (χ0v) is 26.8. The second kappa shape index (κ2) is 12.4. The molecule has 0 unspecified atom stereocenters. The average Bonchev–Trinajstić information content (AvgIpc) is 3.68. The Morgan fingerprint density at radius 3 is 1.96 bits per heavy atom. The number of nitrogens with two attached hydrogens (primary N) is 1. The van der Waals surface area contributed by atoms with Crippen molar-refractivity contribution < 1.29 is 36.2 Å². The minimum atomic E-state index is -4.73.